The summed E-state index contributed by atoms with van der Waals surface area (Å²) in [6.07, 6.45) is 1.74. The number of ether oxygens (including phenoxy) is 1. The number of rotatable bonds is 5. The van der Waals surface area contributed by atoms with Crippen LogP contribution in [0.1, 0.15) is 18.1 Å². The van der Waals surface area contributed by atoms with Crippen LogP contribution in [0.25, 0.3) is 6.08 Å². The third-order valence-corrected chi connectivity index (χ3v) is 4.45. The molecule has 1 heterocycles. The van der Waals surface area contributed by atoms with Crippen molar-refractivity contribution in [3.8, 4) is 5.75 Å². The van der Waals surface area contributed by atoms with Crippen molar-refractivity contribution < 1.29 is 14.3 Å². The van der Waals surface area contributed by atoms with Gasteiger partial charge in [-0.1, -0.05) is 42.5 Å². The van der Waals surface area contributed by atoms with Crippen LogP contribution < -0.4 is 4.74 Å². The van der Waals surface area contributed by atoms with E-state index in [1.807, 2.05) is 61.5 Å². The second kappa shape index (κ2) is 7.36. The van der Waals surface area contributed by atoms with Crippen LogP contribution in [0.5, 0.6) is 5.75 Å². The van der Waals surface area contributed by atoms with Crippen molar-refractivity contribution in [3.63, 3.8) is 0 Å². The number of carbonyl (C=O) groups is 2. The van der Waals surface area contributed by atoms with Crippen molar-refractivity contribution in [2.24, 2.45) is 0 Å². The summed E-state index contributed by atoms with van der Waals surface area (Å²) in [5.74, 6) is 0.537. The summed E-state index contributed by atoms with van der Waals surface area (Å²) in [6, 6.07) is 16.9. The predicted molar refractivity (Wildman–Crippen MR) is 95.6 cm³/mol. The molecule has 0 saturated carbocycles. The Bertz CT molecular complexity index is 769. The minimum absolute atomic E-state index is 0.235. The minimum Gasteiger partial charge on any atom is -0.494 e. The zero-order valence-corrected chi connectivity index (χ0v) is 14.1. The number of amides is 2. The van der Waals surface area contributed by atoms with E-state index >= 15 is 0 Å². The van der Waals surface area contributed by atoms with Gasteiger partial charge in [0, 0.05) is 0 Å². The second-order valence-corrected chi connectivity index (χ2v) is 6.25. The maximum absolute atomic E-state index is 12.5. The minimum atomic E-state index is -0.247. The molecule has 0 unspecified atom stereocenters. The highest BCUT2D eigenvalue weighted by Crippen LogP contribution is 2.33. The molecule has 1 fully saturated rings. The molecular weight excluding hydrogens is 322 g/mol. The molecule has 122 valence electrons. The van der Waals surface area contributed by atoms with Gasteiger partial charge in [-0.15, -0.1) is 0 Å². The van der Waals surface area contributed by atoms with Gasteiger partial charge in [-0.25, -0.2) is 0 Å². The largest absolute Gasteiger partial charge is 0.494 e. The van der Waals surface area contributed by atoms with Gasteiger partial charge >= 0.3 is 0 Å². The maximum Gasteiger partial charge on any atom is 0.293 e. The molecule has 1 aliphatic rings. The summed E-state index contributed by atoms with van der Waals surface area (Å²) < 4.78 is 5.40. The average molecular weight is 339 g/mol. The molecule has 5 heteroatoms. The van der Waals surface area contributed by atoms with Crippen molar-refractivity contribution in [3.05, 3.63) is 70.6 Å². The number of thioether (sulfide) groups is 1. The highest BCUT2D eigenvalue weighted by atomic mass is 32.2. The lowest BCUT2D eigenvalue weighted by molar-refractivity contribution is -0.123. The van der Waals surface area contributed by atoms with Gasteiger partial charge in [0.2, 0.25) is 0 Å². The fourth-order valence-electron chi connectivity index (χ4n) is 2.38. The molecule has 0 radical (unpaired) electrons. The Morgan fingerprint density at radius 2 is 1.75 bits per heavy atom. The zero-order chi connectivity index (χ0) is 16.9. The molecule has 1 aliphatic heterocycles. The van der Waals surface area contributed by atoms with Crippen molar-refractivity contribution in [2.75, 3.05) is 6.61 Å². The monoisotopic (exact) mass is 339 g/mol. The third kappa shape index (κ3) is 3.68. The van der Waals surface area contributed by atoms with Crippen molar-refractivity contribution in [2.45, 2.75) is 13.5 Å². The van der Waals surface area contributed by atoms with Crippen molar-refractivity contribution in [1.82, 2.24) is 4.90 Å². The number of benzene rings is 2. The van der Waals surface area contributed by atoms with Gasteiger partial charge in [-0.05, 0) is 48.0 Å². The van der Waals surface area contributed by atoms with Gasteiger partial charge in [0.1, 0.15) is 5.75 Å². The fraction of sp³-hybridized carbons (Fsp3) is 0.158. The standard InChI is InChI=1S/C19H17NO3S/c1-2-23-16-10-8-14(9-11-16)12-17-18(21)20(19(22)24-17)13-15-6-4-3-5-7-15/h3-12H,2,13H2,1H3/b17-12+. The van der Waals surface area contributed by atoms with E-state index in [1.54, 1.807) is 6.08 Å². The molecule has 0 aliphatic carbocycles. The molecule has 24 heavy (non-hydrogen) atoms. The van der Waals surface area contributed by atoms with Gasteiger partial charge in [-0.3, -0.25) is 14.5 Å². The first-order chi connectivity index (χ1) is 11.7. The van der Waals surface area contributed by atoms with Crippen LogP contribution in [0.3, 0.4) is 0 Å². The summed E-state index contributed by atoms with van der Waals surface area (Å²) in [5, 5.41) is -0.235. The van der Waals surface area contributed by atoms with E-state index in [4.69, 9.17) is 4.74 Å². The Balaban J connectivity index is 1.75. The molecule has 3 rings (SSSR count). The summed E-state index contributed by atoms with van der Waals surface area (Å²) >= 11 is 0.978. The summed E-state index contributed by atoms with van der Waals surface area (Å²) in [4.78, 5) is 26.3. The summed E-state index contributed by atoms with van der Waals surface area (Å²) in [7, 11) is 0. The molecule has 0 N–H and O–H groups in total. The van der Waals surface area contributed by atoms with E-state index in [1.165, 1.54) is 4.90 Å². The number of imide groups is 1. The smallest absolute Gasteiger partial charge is 0.293 e. The molecule has 0 spiro atoms. The summed E-state index contributed by atoms with van der Waals surface area (Å²) in [5.41, 5.74) is 1.80. The van der Waals surface area contributed by atoms with E-state index < -0.39 is 0 Å². The van der Waals surface area contributed by atoms with Crippen molar-refractivity contribution >= 4 is 29.0 Å². The van der Waals surface area contributed by atoms with Gasteiger partial charge in [-0.2, -0.15) is 0 Å². The van der Waals surface area contributed by atoms with Gasteiger partial charge < -0.3 is 4.74 Å². The first-order valence-corrected chi connectivity index (χ1v) is 8.51. The van der Waals surface area contributed by atoms with E-state index in [0.29, 0.717) is 18.1 Å². The Labute approximate surface area is 145 Å². The molecule has 0 aromatic heterocycles. The van der Waals surface area contributed by atoms with Gasteiger partial charge in [0.05, 0.1) is 18.1 Å². The lowest BCUT2D eigenvalue weighted by Gasteiger charge is -2.12. The maximum atomic E-state index is 12.5. The molecule has 2 aromatic rings. The molecule has 0 atom stereocenters. The lowest BCUT2D eigenvalue weighted by Crippen LogP contribution is -2.27. The highest BCUT2D eigenvalue weighted by molar-refractivity contribution is 8.18. The van der Waals surface area contributed by atoms with Crippen LogP contribution in [0.2, 0.25) is 0 Å². The van der Waals surface area contributed by atoms with Crippen molar-refractivity contribution in [1.29, 1.82) is 0 Å². The quantitative estimate of drug-likeness (QED) is 0.761. The van der Waals surface area contributed by atoms with Crippen LogP contribution >= 0.6 is 11.8 Å². The number of carbonyl (C=O) groups excluding carboxylic acids is 2. The van der Waals surface area contributed by atoms with Crippen LogP contribution in [0.4, 0.5) is 4.79 Å². The number of hydrogen-bond donors (Lipinski definition) is 0. The van der Waals surface area contributed by atoms with Crippen LogP contribution in [-0.4, -0.2) is 22.7 Å². The SMILES string of the molecule is CCOc1ccc(/C=C2/SC(=O)N(Cc3ccccc3)C2=O)cc1. The van der Waals surface area contributed by atoms with E-state index in [9.17, 15) is 9.59 Å². The van der Waals surface area contributed by atoms with Gasteiger partial charge in [0.25, 0.3) is 11.1 Å². The third-order valence-electron chi connectivity index (χ3n) is 3.55. The number of nitrogens with zero attached hydrogens (tertiary/aromatic N) is 1. The Morgan fingerprint density at radius 3 is 2.42 bits per heavy atom. The number of hydrogen-bond acceptors (Lipinski definition) is 4. The Hall–Kier alpha value is -2.53. The van der Waals surface area contributed by atoms with Gasteiger partial charge in [0.15, 0.2) is 0 Å². The lowest BCUT2D eigenvalue weighted by atomic mass is 10.2. The van der Waals surface area contributed by atoms with E-state index in [0.717, 1.165) is 28.6 Å². The highest BCUT2D eigenvalue weighted by Gasteiger charge is 2.34. The Morgan fingerprint density at radius 1 is 1.04 bits per heavy atom. The van der Waals surface area contributed by atoms with E-state index in [2.05, 4.69) is 0 Å². The molecule has 2 amide bonds. The molecule has 1 saturated heterocycles. The summed E-state index contributed by atoms with van der Waals surface area (Å²) in [6.45, 7) is 2.83. The van der Waals surface area contributed by atoms with Crippen LogP contribution in [0, 0.1) is 0 Å². The molecule has 2 aromatic carbocycles. The first-order valence-electron chi connectivity index (χ1n) is 7.69. The average Bonchev–Trinajstić information content (AvgIpc) is 2.85. The topological polar surface area (TPSA) is 46.6 Å². The zero-order valence-electron chi connectivity index (χ0n) is 13.3. The molecular formula is C19H17NO3S. The molecule has 0 bridgehead atoms. The second-order valence-electron chi connectivity index (χ2n) is 5.26. The molecule has 4 nitrogen and oxygen atoms in total. The Kier molecular flexibility index (Phi) is 5.01. The van der Waals surface area contributed by atoms with E-state index in [-0.39, 0.29) is 11.1 Å². The normalized spacial score (nSPS) is 16.0. The predicted octanol–water partition coefficient (Wildman–Crippen LogP) is 4.32. The fourth-order valence-corrected chi connectivity index (χ4v) is 3.22. The van der Waals surface area contributed by atoms with Crippen LogP contribution in [0.15, 0.2) is 59.5 Å². The van der Waals surface area contributed by atoms with Crippen LogP contribution in [-0.2, 0) is 11.3 Å². The first kappa shape index (κ1) is 16.3.